The summed E-state index contributed by atoms with van der Waals surface area (Å²) in [6.45, 7) is 0.254. The maximum atomic E-state index is 8.82. The molecule has 1 unspecified atom stereocenters. The normalized spacial score (nSPS) is 20.2. The van der Waals surface area contributed by atoms with Gasteiger partial charge in [-0.3, -0.25) is 0 Å². The van der Waals surface area contributed by atoms with Gasteiger partial charge in [-0.2, -0.15) is 11.8 Å². The van der Waals surface area contributed by atoms with Crippen molar-refractivity contribution in [2.75, 3.05) is 18.1 Å². The average molecular weight is 252 g/mol. The van der Waals surface area contributed by atoms with E-state index in [1.54, 1.807) is 0 Å². The molecule has 0 aliphatic carbocycles. The van der Waals surface area contributed by atoms with E-state index in [0.29, 0.717) is 6.10 Å². The predicted molar refractivity (Wildman–Crippen MR) is 72.8 cm³/mol. The molecule has 0 aromatic heterocycles. The Labute approximate surface area is 107 Å². The summed E-state index contributed by atoms with van der Waals surface area (Å²) >= 11 is 1.98. The minimum absolute atomic E-state index is 0.254. The first-order chi connectivity index (χ1) is 8.38. The van der Waals surface area contributed by atoms with Crippen molar-refractivity contribution >= 4 is 11.8 Å². The molecule has 2 rings (SSSR count). The fourth-order valence-corrected chi connectivity index (χ4v) is 3.09. The lowest BCUT2D eigenvalue weighted by atomic mass is 10.1. The average Bonchev–Trinajstić information content (AvgIpc) is 2.38. The van der Waals surface area contributed by atoms with Gasteiger partial charge in [0.1, 0.15) is 11.9 Å². The molecule has 3 heteroatoms. The molecule has 1 aromatic carbocycles. The molecule has 2 nitrogen and oxygen atoms in total. The van der Waals surface area contributed by atoms with Crippen LogP contribution in [0, 0.1) is 0 Å². The molecule has 1 saturated heterocycles. The van der Waals surface area contributed by atoms with Crippen LogP contribution in [0.2, 0.25) is 0 Å². The van der Waals surface area contributed by atoms with Crippen molar-refractivity contribution in [3.05, 3.63) is 29.8 Å². The summed E-state index contributed by atoms with van der Waals surface area (Å²) in [6.07, 6.45) is 4.56. The van der Waals surface area contributed by atoms with Gasteiger partial charge in [0, 0.05) is 12.4 Å². The summed E-state index contributed by atoms with van der Waals surface area (Å²) in [5.41, 5.74) is 1.25. The highest BCUT2D eigenvalue weighted by molar-refractivity contribution is 7.99. The number of aliphatic hydroxyl groups is 1. The summed E-state index contributed by atoms with van der Waals surface area (Å²) < 4.78 is 5.99. The number of aliphatic hydroxyl groups excluding tert-OH is 1. The molecule has 0 radical (unpaired) electrons. The zero-order chi connectivity index (χ0) is 11.9. The summed E-state index contributed by atoms with van der Waals surface area (Å²) in [7, 11) is 0. The first-order valence-corrected chi connectivity index (χ1v) is 7.48. The zero-order valence-corrected chi connectivity index (χ0v) is 10.9. The highest BCUT2D eigenvalue weighted by Gasteiger charge is 2.15. The van der Waals surface area contributed by atoms with Crippen LogP contribution in [-0.2, 0) is 6.42 Å². The Morgan fingerprint density at radius 2 is 2.35 bits per heavy atom. The molecule has 17 heavy (non-hydrogen) atoms. The van der Waals surface area contributed by atoms with E-state index in [-0.39, 0.29) is 6.61 Å². The SMILES string of the molecule is OCCCc1cccc(OC2CCCSC2)c1. The molecular formula is C14H20O2S. The number of benzene rings is 1. The molecule has 1 N–H and O–H groups in total. The summed E-state index contributed by atoms with van der Waals surface area (Å²) in [4.78, 5) is 0. The Morgan fingerprint density at radius 3 is 3.12 bits per heavy atom. The van der Waals surface area contributed by atoms with Crippen molar-refractivity contribution in [3.63, 3.8) is 0 Å². The van der Waals surface area contributed by atoms with Crippen LogP contribution in [0.1, 0.15) is 24.8 Å². The van der Waals surface area contributed by atoms with Crippen molar-refractivity contribution < 1.29 is 9.84 Å². The standard InChI is InChI=1S/C14H20O2S/c15-8-2-5-12-4-1-6-13(10-12)16-14-7-3-9-17-11-14/h1,4,6,10,14-15H,2-3,5,7-9,11H2. The Balaban J connectivity index is 1.90. The van der Waals surface area contributed by atoms with Crippen LogP contribution in [0.15, 0.2) is 24.3 Å². The number of aryl methyl sites for hydroxylation is 1. The van der Waals surface area contributed by atoms with E-state index in [1.165, 1.54) is 24.2 Å². The largest absolute Gasteiger partial charge is 0.490 e. The van der Waals surface area contributed by atoms with Crippen LogP contribution in [-0.4, -0.2) is 29.3 Å². The van der Waals surface area contributed by atoms with Crippen LogP contribution < -0.4 is 4.74 Å². The monoisotopic (exact) mass is 252 g/mol. The van der Waals surface area contributed by atoms with Crippen molar-refractivity contribution in [2.45, 2.75) is 31.8 Å². The predicted octanol–water partition coefficient (Wildman–Crippen LogP) is 2.89. The third-order valence-electron chi connectivity index (χ3n) is 2.94. The van der Waals surface area contributed by atoms with Gasteiger partial charge in [0.25, 0.3) is 0 Å². The molecule has 1 aliphatic heterocycles. The summed E-state index contributed by atoms with van der Waals surface area (Å²) in [6, 6.07) is 8.27. The Bertz CT molecular complexity index is 335. The third-order valence-corrected chi connectivity index (χ3v) is 4.13. The van der Waals surface area contributed by atoms with E-state index in [0.717, 1.165) is 24.3 Å². The van der Waals surface area contributed by atoms with Gasteiger partial charge in [0.15, 0.2) is 0 Å². The lowest BCUT2D eigenvalue weighted by Gasteiger charge is -2.22. The molecule has 1 aliphatic rings. The lowest BCUT2D eigenvalue weighted by Crippen LogP contribution is -2.23. The van der Waals surface area contributed by atoms with Gasteiger partial charge < -0.3 is 9.84 Å². The maximum Gasteiger partial charge on any atom is 0.120 e. The molecule has 1 heterocycles. The number of hydrogen-bond donors (Lipinski definition) is 1. The number of ether oxygens (including phenoxy) is 1. The molecular weight excluding hydrogens is 232 g/mol. The van der Waals surface area contributed by atoms with Crippen molar-refractivity contribution in [1.29, 1.82) is 0 Å². The highest BCUT2D eigenvalue weighted by atomic mass is 32.2. The van der Waals surface area contributed by atoms with E-state index in [2.05, 4.69) is 12.1 Å². The van der Waals surface area contributed by atoms with Crippen molar-refractivity contribution in [1.82, 2.24) is 0 Å². The van der Waals surface area contributed by atoms with E-state index >= 15 is 0 Å². The second-order valence-corrected chi connectivity index (χ2v) is 5.58. The fraction of sp³-hybridized carbons (Fsp3) is 0.571. The summed E-state index contributed by atoms with van der Waals surface area (Å²) in [5, 5.41) is 8.82. The summed E-state index contributed by atoms with van der Waals surface area (Å²) in [5.74, 6) is 3.37. The number of hydrogen-bond acceptors (Lipinski definition) is 3. The molecule has 0 saturated carbocycles. The van der Waals surface area contributed by atoms with Gasteiger partial charge in [0.2, 0.25) is 0 Å². The van der Waals surface area contributed by atoms with Gasteiger partial charge in [-0.15, -0.1) is 0 Å². The van der Waals surface area contributed by atoms with Crippen LogP contribution in [0.25, 0.3) is 0 Å². The number of thioether (sulfide) groups is 1. The third kappa shape index (κ3) is 4.25. The zero-order valence-electron chi connectivity index (χ0n) is 10.1. The maximum absolute atomic E-state index is 8.82. The molecule has 94 valence electrons. The minimum Gasteiger partial charge on any atom is -0.490 e. The topological polar surface area (TPSA) is 29.5 Å². The second kappa shape index (κ2) is 6.92. The van der Waals surface area contributed by atoms with Crippen LogP contribution in [0.5, 0.6) is 5.75 Å². The quantitative estimate of drug-likeness (QED) is 0.874. The molecule has 0 spiro atoms. The van der Waals surface area contributed by atoms with E-state index < -0.39 is 0 Å². The van der Waals surface area contributed by atoms with Gasteiger partial charge in [-0.05, 0) is 49.1 Å². The van der Waals surface area contributed by atoms with Crippen molar-refractivity contribution in [2.24, 2.45) is 0 Å². The van der Waals surface area contributed by atoms with Crippen LogP contribution in [0.3, 0.4) is 0 Å². The molecule has 1 fully saturated rings. The fourth-order valence-electron chi connectivity index (χ4n) is 2.05. The van der Waals surface area contributed by atoms with E-state index in [4.69, 9.17) is 9.84 Å². The number of rotatable bonds is 5. The molecule has 0 bridgehead atoms. The van der Waals surface area contributed by atoms with Gasteiger partial charge in [-0.25, -0.2) is 0 Å². The molecule has 0 amide bonds. The smallest absolute Gasteiger partial charge is 0.120 e. The Morgan fingerprint density at radius 1 is 1.41 bits per heavy atom. The minimum atomic E-state index is 0.254. The lowest BCUT2D eigenvalue weighted by molar-refractivity contribution is 0.211. The second-order valence-electron chi connectivity index (χ2n) is 4.43. The highest BCUT2D eigenvalue weighted by Crippen LogP contribution is 2.23. The van der Waals surface area contributed by atoms with E-state index in [9.17, 15) is 0 Å². The van der Waals surface area contributed by atoms with Crippen molar-refractivity contribution in [3.8, 4) is 5.75 Å². The Kier molecular flexibility index (Phi) is 5.20. The first-order valence-electron chi connectivity index (χ1n) is 6.32. The van der Waals surface area contributed by atoms with Gasteiger partial charge in [-0.1, -0.05) is 12.1 Å². The van der Waals surface area contributed by atoms with Gasteiger partial charge >= 0.3 is 0 Å². The Hall–Kier alpha value is -0.670. The van der Waals surface area contributed by atoms with Crippen LogP contribution in [0.4, 0.5) is 0 Å². The molecule has 1 aromatic rings. The first kappa shape index (κ1) is 12.8. The van der Waals surface area contributed by atoms with E-state index in [1.807, 2.05) is 23.9 Å². The van der Waals surface area contributed by atoms with Gasteiger partial charge in [0.05, 0.1) is 0 Å². The van der Waals surface area contributed by atoms with Crippen LogP contribution >= 0.6 is 11.8 Å². The molecule has 1 atom stereocenters.